The number of hydrogen-bond acceptors (Lipinski definition) is 2. The number of rotatable bonds is 0. The fourth-order valence-electron chi connectivity index (χ4n) is 3.11. The minimum absolute atomic E-state index is 0.175. The number of nitrogens with zero attached hydrogens (tertiary/aromatic N) is 1. The van der Waals surface area contributed by atoms with Crippen LogP contribution < -0.4 is 0 Å². The molecule has 1 saturated heterocycles. The molecule has 0 aromatic heterocycles. The summed E-state index contributed by atoms with van der Waals surface area (Å²) in [6, 6.07) is 8.81. The number of fused-ring (bicyclic) bond motifs is 5. The van der Waals surface area contributed by atoms with Crippen molar-refractivity contribution in [2.75, 3.05) is 0 Å². The molecule has 96 valence electrons. The highest BCUT2D eigenvalue weighted by atomic mass is 16.6. The average molecular weight is 245 g/mol. The summed E-state index contributed by atoms with van der Waals surface area (Å²) in [5, 5.41) is 0. The molecule has 0 unspecified atom stereocenters. The highest BCUT2D eigenvalue weighted by molar-refractivity contribution is 5.72. The van der Waals surface area contributed by atoms with E-state index in [0.29, 0.717) is 0 Å². The first-order valence-corrected chi connectivity index (χ1v) is 6.57. The van der Waals surface area contributed by atoms with E-state index in [2.05, 4.69) is 12.1 Å². The standard InChI is InChI=1S/C15H19NO2/c1-15(2,3)18-14(17)16-12-8-9-13(16)11-7-5-4-6-10(11)12/h4-7,12-13H,8-9H2,1-3H3/t12-,13+. The zero-order valence-electron chi connectivity index (χ0n) is 11.1. The van der Waals surface area contributed by atoms with Crippen molar-refractivity contribution >= 4 is 6.09 Å². The fourth-order valence-corrected chi connectivity index (χ4v) is 3.11. The molecule has 1 fully saturated rings. The summed E-state index contributed by atoms with van der Waals surface area (Å²) in [5.74, 6) is 0. The van der Waals surface area contributed by atoms with Crippen LogP contribution in [0.4, 0.5) is 4.79 Å². The van der Waals surface area contributed by atoms with E-state index in [1.165, 1.54) is 11.1 Å². The van der Waals surface area contributed by atoms with Gasteiger partial charge in [-0.15, -0.1) is 0 Å². The first-order chi connectivity index (χ1) is 8.47. The minimum Gasteiger partial charge on any atom is -0.444 e. The molecule has 2 bridgehead atoms. The van der Waals surface area contributed by atoms with E-state index in [-0.39, 0.29) is 18.2 Å². The minimum atomic E-state index is -0.425. The third kappa shape index (κ3) is 1.69. The third-order valence-electron chi connectivity index (χ3n) is 3.70. The lowest BCUT2D eigenvalue weighted by atomic mass is 9.92. The maximum absolute atomic E-state index is 12.3. The predicted molar refractivity (Wildman–Crippen MR) is 69.2 cm³/mol. The molecular weight excluding hydrogens is 226 g/mol. The molecule has 1 aromatic carbocycles. The second kappa shape index (κ2) is 3.74. The number of carbonyl (C=O) groups is 1. The molecule has 18 heavy (non-hydrogen) atoms. The Morgan fingerprint density at radius 1 is 1.17 bits per heavy atom. The number of ether oxygens (including phenoxy) is 1. The number of benzene rings is 1. The molecule has 2 aliphatic rings. The van der Waals surface area contributed by atoms with Crippen molar-refractivity contribution in [2.45, 2.75) is 51.3 Å². The number of carbonyl (C=O) groups excluding carboxylic acids is 1. The highest BCUT2D eigenvalue weighted by Crippen LogP contribution is 2.53. The van der Waals surface area contributed by atoms with Gasteiger partial charge >= 0.3 is 6.09 Å². The summed E-state index contributed by atoms with van der Waals surface area (Å²) in [6.07, 6.45) is 1.94. The fraction of sp³-hybridized carbons (Fsp3) is 0.533. The van der Waals surface area contributed by atoms with Crippen LogP contribution in [0.25, 0.3) is 0 Å². The van der Waals surface area contributed by atoms with E-state index >= 15 is 0 Å². The Labute approximate surface area is 108 Å². The van der Waals surface area contributed by atoms with Crippen molar-refractivity contribution in [2.24, 2.45) is 0 Å². The van der Waals surface area contributed by atoms with Crippen molar-refractivity contribution in [1.29, 1.82) is 0 Å². The molecular formula is C15H19NO2. The van der Waals surface area contributed by atoms with Crippen LogP contribution in [-0.2, 0) is 4.74 Å². The van der Waals surface area contributed by atoms with Crippen molar-refractivity contribution in [3.63, 3.8) is 0 Å². The SMILES string of the molecule is CC(C)(C)OC(=O)N1[C@@H]2CC[C@H]1c1ccccc12. The van der Waals surface area contributed by atoms with Gasteiger partial charge in [-0.25, -0.2) is 4.79 Å². The number of amides is 1. The van der Waals surface area contributed by atoms with Crippen LogP contribution in [0.5, 0.6) is 0 Å². The quantitative estimate of drug-likeness (QED) is 0.695. The van der Waals surface area contributed by atoms with Crippen LogP contribution in [0.3, 0.4) is 0 Å². The highest BCUT2D eigenvalue weighted by Gasteiger charge is 2.47. The van der Waals surface area contributed by atoms with Gasteiger partial charge in [0.25, 0.3) is 0 Å². The molecule has 1 amide bonds. The van der Waals surface area contributed by atoms with Crippen molar-refractivity contribution in [1.82, 2.24) is 4.90 Å². The Bertz CT molecular complexity index is 459. The monoisotopic (exact) mass is 245 g/mol. The molecule has 3 rings (SSSR count). The molecule has 2 atom stereocenters. The summed E-state index contributed by atoms with van der Waals surface area (Å²) in [4.78, 5) is 14.2. The predicted octanol–water partition coefficient (Wildman–Crippen LogP) is 3.81. The summed E-state index contributed by atoms with van der Waals surface area (Å²) < 4.78 is 5.52. The molecule has 0 radical (unpaired) electrons. The van der Waals surface area contributed by atoms with E-state index in [9.17, 15) is 4.79 Å². The second-order valence-electron chi connectivity index (χ2n) is 6.13. The first kappa shape index (κ1) is 11.6. The van der Waals surface area contributed by atoms with Gasteiger partial charge < -0.3 is 4.74 Å². The summed E-state index contributed by atoms with van der Waals surface area (Å²) in [7, 11) is 0. The van der Waals surface area contributed by atoms with E-state index < -0.39 is 5.60 Å². The number of hydrogen-bond donors (Lipinski definition) is 0. The van der Waals surface area contributed by atoms with Crippen LogP contribution in [0, 0.1) is 0 Å². The Hall–Kier alpha value is -1.51. The van der Waals surface area contributed by atoms with Crippen LogP contribution in [0.15, 0.2) is 24.3 Å². The molecule has 1 aromatic rings. The van der Waals surface area contributed by atoms with Crippen molar-refractivity contribution in [3.05, 3.63) is 35.4 Å². The lowest BCUT2D eigenvalue weighted by molar-refractivity contribution is 0.0177. The van der Waals surface area contributed by atoms with E-state index in [1.54, 1.807) is 0 Å². The van der Waals surface area contributed by atoms with Crippen LogP contribution in [0.1, 0.15) is 56.8 Å². The first-order valence-electron chi connectivity index (χ1n) is 6.57. The smallest absolute Gasteiger partial charge is 0.411 e. The van der Waals surface area contributed by atoms with Gasteiger partial charge in [-0.2, -0.15) is 0 Å². The Morgan fingerprint density at radius 3 is 2.11 bits per heavy atom. The average Bonchev–Trinajstić information content (AvgIpc) is 2.83. The van der Waals surface area contributed by atoms with Crippen LogP contribution in [-0.4, -0.2) is 16.6 Å². The molecule has 2 aliphatic heterocycles. The third-order valence-corrected chi connectivity index (χ3v) is 3.70. The summed E-state index contributed by atoms with van der Waals surface area (Å²) >= 11 is 0. The van der Waals surface area contributed by atoms with E-state index in [1.807, 2.05) is 37.8 Å². The summed E-state index contributed by atoms with van der Waals surface area (Å²) in [5.41, 5.74) is 2.19. The molecule has 0 saturated carbocycles. The van der Waals surface area contributed by atoms with E-state index in [4.69, 9.17) is 4.74 Å². The maximum atomic E-state index is 12.3. The van der Waals surface area contributed by atoms with Gasteiger partial charge in [-0.05, 0) is 44.7 Å². The normalized spacial score (nSPS) is 25.2. The van der Waals surface area contributed by atoms with Gasteiger partial charge in [0, 0.05) is 0 Å². The van der Waals surface area contributed by atoms with Gasteiger partial charge in [0.15, 0.2) is 0 Å². The molecule has 3 heteroatoms. The molecule has 3 nitrogen and oxygen atoms in total. The van der Waals surface area contributed by atoms with Gasteiger partial charge in [0.2, 0.25) is 0 Å². The van der Waals surface area contributed by atoms with Crippen molar-refractivity contribution in [3.8, 4) is 0 Å². The molecule has 0 N–H and O–H groups in total. The van der Waals surface area contributed by atoms with Gasteiger partial charge in [0.1, 0.15) is 5.60 Å². The Kier molecular flexibility index (Phi) is 2.40. The van der Waals surface area contributed by atoms with Gasteiger partial charge in [-0.1, -0.05) is 24.3 Å². The molecule has 0 spiro atoms. The second-order valence-corrected chi connectivity index (χ2v) is 6.13. The van der Waals surface area contributed by atoms with Crippen molar-refractivity contribution < 1.29 is 9.53 Å². The zero-order chi connectivity index (χ0) is 12.9. The van der Waals surface area contributed by atoms with Gasteiger partial charge in [0.05, 0.1) is 12.1 Å². The lowest BCUT2D eigenvalue weighted by Crippen LogP contribution is -2.34. The van der Waals surface area contributed by atoms with Crippen LogP contribution in [0.2, 0.25) is 0 Å². The van der Waals surface area contributed by atoms with E-state index in [0.717, 1.165) is 12.8 Å². The Balaban J connectivity index is 1.88. The summed E-state index contributed by atoms with van der Waals surface area (Å²) in [6.45, 7) is 5.74. The Morgan fingerprint density at radius 2 is 1.67 bits per heavy atom. The molecule has 2 heterocycles. The molecule has 0 aliphatic carbocycles. The maximum Gasteiger partial charge on any atom is 0.411 e. The van der Waals surface area contributed by atoms with Crippen LogP contribution >= 0.6 is 0 Å². The topological polar surface area (TPSA) is 29.5 Å². The van der Waals surface area contributed by atoms with Gasteiger partial charge in [-0.3, -0.25) is 4.90 Å². The zero-order valence-corrected chi connectivity index (χ0v) is 11.1. The lowest BCUT2D eigenvalue weighted by Gasteiger charge is -2.27. The largest absolute Gasteiger partial charge is 0.444 e.